The van der Waals surface area contributed by atoms with Gasteiger partial charge < -0.3 is 10.4 Å². The lowest BCUT2D eigenvalue weighted by atomic mass is 10.0. The summed E-state index contributed by atoms with van der Waals surface area (Å²) >= 11 is 0. The Labute approximate surface area is 89.6 Å². The summed E-state index contributed by atoms with van der Waals surface area (Å²) in [5.41, 5.74) is 0.170. The number of hydrogen-bond acceptors (Lipinski definition) is 4. The number of aromatic nitrogens is 1. The van der Waals surface area contributed by atoms with Crippen LogP contribution in [-0.4, -0.2) is 22.2 Å². The molecule has 1 aromatic heterocycles. The second-order valence-corrected chi connectivity index (χ2v) is 3.74. The molecule has 0 aliphatic heterocycles. The van der Waals surface area contributed by atoms with Crippen molar-refractivity contribution >= 4 is 5.82 Å². The normalized spacial score (nSPS) is 14.0. The fourth-order valence-electron chi connectivity index (χ4n) is 1.08. The van der Waals surface area contributed by atoms with Crippen molar-refractivity contribution in [3.63, 3.8) is 0 Å². The van der Waals surface area contributed by atoms with Gasteiger partial charge >= 0.3 is 0 Å². The van der Waals surface area contributed by atoms with E-state index in [1.165, 1.54) is 6.20 Å². The predicted molar refractivity (Wildman–Crippen MR) is 58.4 cm³/mol. The van der Waals surface area contributed by atoms with Crippen molar-refractivity contribution < 1.29 is 5.11 Å². The highest BCUT2D eigenvalue weighted by Crippen LogP contribution is 2.16. The summed E-state index contributed by atoms with van der Waals surface area (Å²) in [5, 5.41) is 20.9. The highest BCUT2D eigenvalue weighted by atomic mass is 16.3. The number of anilines is 1. The van der Waals surface area contributed by atoms with Gasteiger partial charge in [0.25, 0.3) is 0 Å². The lowest BCUT2D eigenvalue weighted by Crippen LogP contribution is -2.38. The van der Waals surface area contributed by atoms with E-state index in [9.17, 15) is 5.11 Å². The first kappa shape index (κ1) is 11.5. The van der Waals surface area contributed by atoms with E-state index in [0.717, 1.165) is 6.42 Å². The van der Waals surface area contributed by atoms with Crippen LogP contribution in [0.2, 0.25) is 0 Å². The molecule has 0 aliphatic carbocycles. The molecule has 4 nitrogen and oxygen atoms in total. The molecular weight excluding hydrogens is 190 g/mol. The SMILES string of the molecule is CCC(C)(CO)Nc1ccc(C#N)cn1. The molecule has 15 heavy (non-hydrogen) atoms. The molecule has 0 fully saturated rings. The van der Waals surface area contributed by atoms with Crippen LogP contribution >= 0.6 is 0 Å². The zero-order chi connectivity index (χ0) is 11.3. The van der Waals surface area contributed by atoms with Gasteiger partial charge in [-0.05, 0) is 25.5 Å². The van der Waals surface area contributed by atoms with Crippen LogP contribution in [0.4, 0.5) is 5.82 Å². The maximum Gasteiger partial charge on any atom is 0.126 e. The molecule has 1 atom stereocenters. The Morgan fingerprint density at radius 2 is 2.33 bits per heavy atom. The minimum absolute atomic E-state index is 0.0468. The number of aliphatic hydroxyl groups excluding tert-OH is 1. The smallest absolute Gasteiger partial charge is 0.126 e. The van der Waals surface area contributed by atoms with Gasteiger partial charge in [0.15, 0.2) is 0 Å². The Morgan fingerprint density at radius 1 is 1.60 bits per heavy atom. The highest BCUT2D eigenvalue weighted by molar-refractivity contribution is 5.41. The lowest BCUT2D eigenvalue weighted by molar-refractivity contribution is 0.218. The summed E-state index contributed by atoms with van der Waals surface area (Å²) in [6.07, 6.45) is 2.31. The average molecular weight is 205 g/mol. The maximum atomic E-state index is 9.20. The van der Waals surface area contributed by atoms with Crippen molar-refractivity contribution in [1.29, 1.82) is 5.26 Å². The number of nitrogens with zero attached hydrogens (tertiary/aromatic N) is 2. The van der Waals surface area contributed by atoms with Gasteiger partial charge in [0.05, 0.1) is 17.7 Å². The standard InChI is InChI=1S/C11H15N3O/c1-3-11(2,8-15)14-10-5-4-9(6-12)7-13-10/h4-5,7,15H,3,8H2,1-2H3,(H,13,14). The van der Waals surface area contributed by atoms with Crippen LogP contribution in [0.25, 0.3) is 0 Å². The number of nitriles is 1. The van der Waals surface area contributed by atoms with Crippen molar-refractivity contribution in [2.75, 3.05) is 11.9 Å². The van der Waals surface area contributed by atoms with Crippen molar-refractivity contribution in [3.05, 3.63) is 23.9 Å². The van der Waals surface area contributed by atoms with E-state index >= 15 is 0 Å². The molecule has 0 saturated heterocycles. The Balaban J connectivity index is 2.77. The third kappa shape index (κ3) is 2.93. The van der Waals surface area contributed by atoms with Crippen LogP contribution in [0.1, 0.15) is 25.8 Å². The third-order valence-corrected chi connectivity index (χ3v) is 2.45. The number of pyridine rings is 1. The molecule has 0 radical (unpaired) electrons. The van der Waals surface area contributed by atoms with Gasteiger partial charge in [-0.1, -0.05) is 6.92 Å². The highest BCUT2D eigenvalue weighted by Gasteiger charge is 2.20. The molecule has 1 heterocycles. The number of hydrogen-bond donors (Lipinski definition) is 2. The summed E-state index contributed by atoms with van der Waals surface area (Å²) in [6, 6.07) is 5.44. The molecule has 80 valence electrons. The number of aliphatic hydroxyl groups is 1. The van der Waals surface area contributed by atoms with Gasteiger partial charge in [0, 0.05) is 6.20 Å². The van der Waals surface area contributed by atoms with Crippen LogP contribution < -0.4 is 5.32 Å². The zero-order valence-electron chi connectivity index (χ0n) is 8.99. The minimum atomic E-state index is -0.360. The molecule has 2 N–H and O–H groups in total. The second kappa shape index (κ2) is 4.76. The van der Waals surface area contributed by atoms with E-state index < -0.39 is 0 Å². The molecule has 0 amide bonds. The molecule has 0 saturated carbocycles. The van der Waals surface area contributed by atoms with Crippen LogP contribution in [0, 0.1) is 11.3 Å². The van der Waals surface area contributed by atoms with Gasteiger partial charge in [-0.15, -0.1) is 0 Å². The van der Waals surface area contributed by atoms with Crippen molar-refractivity contribution in [1.82, 2.24) is 4.98 Å². The van der Waals surface area contributed by atoms with Crippen LogP contribution in [0.3, 0.4) is 0 Å². The van der Waals surface area contributed by atoms with E-state index in [2.05, 4.69) is 10.3 Å². The van der Waals surface area contributed by atoms with Gasteiger partial charge in [0.1, 0.15) is 11.9 Å². The first-order valence-corrected chi connectivity index (χ1v) is 4.89. The third-order valence-electron chi connectivity index (χ3n) is 2.45. The molecule has 0 spiro atoms. The van der Waals surface area contributed by atoms with Crippen molar-refractivity contribution in [3.8, 4) is 6.07 Å². The topological polar surface area (TPSA) is 68.9 Å². The van der Waals surface area contributed by atoms with Crippen molar-refractivity contribution in [2.45, 2.75) is 25.8 Å². The largest absolute Gasteiger partial charge is 0.394 e. The molecule has 0 bridgehead atoms. The van der Waals surface area contributed by atoms with Gasteiger partial charge in [-0.2, -0.15) is 5.26 Å². The van der Waals surface area contributed by atoms with Crippen molar-refractivity contribution in [2.24, 2.45) is 0 Å². The van der Waals surface area contributed by atoms with E-state index in [1.54, 1.807) is 12.1 Å². The number of nitrogens with one attached hydrogen (secondary N) is 1. The molecule has 1 aromatic rings. The van der Waals surface area contributed by atoms with Crippen LogP contribution in [0.15, 0.2) is 18.3 Å². The van der Waals surface area contributed by atoms with E-state index in [-0.39, 0.29) is 12.1 Å². The summed E-state index contributed by atoms with van der Waals surface area (Å²) in [5.74, 6) is 0.674. The molecule has 1 rings (SSSR count). The van der Waals surface area contributed by atoms with Gasteiger partial charge in [-0.3, -0.25) is 0 Å². The fourth-order valence-corrected chi connectivity index (χ4v) is 1.08. The molecule has 4 heteroatoms. The van der Waals surface area contributed by atoms with E-state index in [1.807, 2.05) is 19.9 Å². The Hall–Kier alpha value is -1.60. The first-order valence-electron chi connectivity index (χ1n) is 4.89. The van der Waals surface area contributed by atoms with Crippen LogP contribution in [0.5, 0.6) is 0 Å². The fraction of sp³-hybridized carbons (Fsp3) is 0.455. The quantitative estimate of drug-likeness (QED) is 0.782. The molecule has 1 unspecified atom stereocenters. The Morgan fingerprint density at radius 3 is 2.73 bits per heavy atom. The van der Waals surface area contributed by atoms with E-state index in [4.69, 9.17) is 5.26 Å². The maximum absolute atomic E-state index is 9.20. The predicted octanol–water partition coefficient (Wildman–Crippen LogP) is 1.53. The number of rotatable bonds is 4. The Bertz CT molecular complexity index is 349. The molecule has 0 aliphatic rings. The van der Waals surface area contributed by atoms with E-state index in [0.29, 0.717) is 11.4 Å². The summed E-state index contributed by atoms with van der Waals surface area (Å²) in [7, 11) is 0. The van der Waals surface area contributed by atoms with Crippen LogP contribution in [-0.2, 0) is 0 Å². The molecule has 0 aromatic carbocycles. The summed E-state index contributed by atoms with van der Waals surface area (Å²) in [6.45, 7) is 3.96. The monoisotopic (exact) mass is 205 g/mol. The average Bonchev–Trinajstić information content (AvgIpc) is 2.30. The minimum Gasteiger partial charge on any atom is -0.394 e. The van der Waals surface area contributed by atoms with Gasteiger partial charge in [-0.25, -0.2) is 4.98 Å². The summed E-state index contributed by atoms with van der Waals surface area (Å²) in [4.78, 5) is 4.09. The first-order chi connectivity index (χ1) is 7.13. The molecular formula is C11H15N3O. The second-order valence-electron chi connectivity index (χ2n) is 3.74. The van der Waals surface area contributed by atoms with Gasteiger partial charge in [0.2, 0.25) is 0 Å². The summed E-state index contributed by atoms with van der Waals surface area (Å²) < 4.78 is 0. The zero-order valence-corrected chi connectivity index (χ0v) is 8.99. The Kier molecular flexibility index (Phi) is 3.64. The lowest BCUT2D eigenvalue weighted by Gasteiger charge is -2.27.